The van der Waals surface area contributed by atoms with Crippen LogP contribution in [0.15, 0.2) is 48.5 Å². The number of likely N-dealkylation sites (tertiary alicyclic amines) is 1. The van der Waals surface area contributed by atoms with Gasteiger partial charge in [0.15, 0.2) is 0 Å². The van der Waals surface area contributed by atoms with Gasteiger partial charge in [0.1, 0.15) is 5.75 Å². The summed E-state index contributed by atoms with van der Waals surface area (Å²) < 4.78 is 5.27. The van der Waals surface area contributed by atoms with E-state index in [0.29, 0.717) is 47.8 Å². The van der Waals surface area contributed by atoms with E-state index in [9.17, 15) is 4.79 Å². The van der Waals surface area contributed by atoms with Crippen molar-refractivity contribution in [2.24, 2.45) is 11.7 Å². The van der Waals surface area contributed by atoms with Gasteiger partial charge in [-0.1, -0.05) is 41.9 Å². The van der Waals surface area contributed by atoms with E-state index >= 15 is 0 Å². The zero-order valence-corrected chi connectivity index (χ0v) is 17.5. The highest BCUT2D eigenvalue weighted by Gasteiger charge is 2.32. The molecule has 0 aromatic heterocycles. The topological polar surface area (TPSA) is 67.6 Å². The Bertz CT molecular complexity index is 774. The molecule has 3 N–H and O–H groups in total. The number of benzene rings is 2. The molecule has 1 aliphatic rings. The molecule has 2 atom stereocenters. The minimum Gasteiger partial charge on any atom is -0.495 e. The molecule has 2 aromatic rings. The number of ether oxygens (including phenoxy) is 1. The molecule has 0 bridgehead atoms. The van der Waals surface area contributed by atoms with E-state index in [1.165, 1.54) is 5.56 Å². The number of nitrogens with zero attached hydrogens (tertiary/aromatic N) is 1. The highest BCUT2D eigenvalue weighted by Crippen LogP contribution is 2.32. The van der Waals surface area contributed by atoms with Crippen molar-refractivity contribution in [3.8, 4) is 5.75 Å². The van der Waals surface area contributed by atoms with Gasteiger partial charge in [-0.3, -0.25) is 4.79 Å². The zero-order chi connectivity index (χ0) is 19.2. The number of rotatable bonds is 7. The van der Waals surface area contributed by atoms with Gasteiger partial charge in [-0.2, -0.15) is 0 Å². The maximum atomic E-state index is 12.4. The third-order valence-electron chi connectivity index (χ3n) is 5.14. The molecular formula is C21H27Cl2N3O2. The average molecular weight is 424 g/mol. The zero-order valence-electron chi connectivity index (χ0n) is 15.9. The van der Waals surface area contributed by atoms with E-state index in [1.807, 2.05) is 6.07 Å². The van der Waals surface area contributed by atoms with Gasteiger partial charge >= 0.3 is 0 Å². The Labute approximate surface area is 177 Å². The molecule has 1 fully saturated rings. The summed E-state index contributed by atoms with van der Waals surface area (Å²) in [5.41, 5.74) is 7.91. The van der Waals surface area contributed by atoms with E-state index in [1.54, 1.807) is 25.3 Å². The van der Waals surface area contributed by atoms with Crippen LogP contribution in [0.25, 0.3) is 0 Å². The second-order valence-electron chi connectivity index (χ2n) is 6.92. The molecular weight excluding hydrogens is 397 g/mol. The smallest absolute Gasteiger partial charge is 0.225 e. The molecule has 0 unspecified atom stereocenters. The lowest BCUT2D eigenvalue weighted by atomic mass is 9.89. The van der Waals surface area contributed by atoms with Gasteiger partial charge in [0, 0.05) is 37.0 Å². The van der Waals surface area contributed by atoms with Crippen LogP contribution < -0.4 is 15.8 Å². The first-order valence-electron chi connectivity index (χ1n) is 9.21. The summed E-state index contributed by atoms with van der Waals surface area (Å²) in [7, 11) is 1.57. The van der Waals surface area contributed by atoms with Gasteiger partial charge in [-0.25, -0.2) is 0 Å². The minimum atomic E-state index is -0.0528. The summed E-state index contributed by atoms with van der Waals surface area (Å²) in [6.07, 6.45) is 0.411. The largest absolute Gasteiger partial charge is 0.495 e. The first-order chi connectivity index (χ1) is 13.1. The van der Waals surface area contributed by atoms with Crippen LogP contribution in [-0.2, 0) is 4.79 Å². The van der Waals surface area contributed by atoms with Crippen LogP contribution in [0.3, 0.4) is 0 Å². The fourth-order valence-corrected chi connectivity index (χ4v) is 3.88. The number of nitrogens with two attached hydrogens (primary N) is 1. The number of hydrogen-bond acceptors (Lipinski definition) is 4. The number of anilines is 1. The Morgan fingerprint density at radius 2 is 2.00 bits per heavy atom. The number of nitrogens with one attached hydrogen (secondary N) is 1. The summed E-state index contributed by atoms with van der Waals surface area (Å²) in [5.74, 6) is 1.39. The molecule has 2 aromatic carbocycles. The normalized spacial score (nSPS) is 19.1. The molecule has 5 nitrogen and oxygen atoms in total. The van der Waals surface area contributed by atoms with E-state index < -0.39 is 0 Å². The molecule has 0 saturated carbocycles. The molecule has 0 aliphatic carbocycles. The van der Waals surface area contributed by atoms with Crippen molar-refractivity contribution in [1.82, 2.24) is 4.90 Å². The lowest BCUT2D eigenvalue weighted by molar-refractivity contribution is -0.116. The van der Waals surface area contributed by atoms with Crippen LogP contribution in [0.4, 0.5) is 5.69 Å². The van der Waals surface area contributed by atoms with Gasteiger partial charge in [0.25, 0.3) is 0 Å². The molecule has 28 heavy (non-hydrogen) atoms. The van der Waals surface area contributed by atoms with Gasteiger partial charge in [0.05, 0.1) is 12.8 Å². The SMILES string of the molecule is COc1ccc(Cl)cc1NC(=O)CCN1C[C@@H](CN)[C@H](c2ccccc2)C1.Cl. The number of halogens is 2. The highest BCUT2D eigenvalue weighted by atomic mass is 35.5. The van der Waals surface area contributed by atoms with Crippen molar-refractivity contribution in [3.63, 3.8) is 0 Å². The lowest BCUT2D eigenvalue weighted by Gasteiger charge is -2.17. The third-order valence-corrected chi connectivity index (χ3v) is 5.37. The maximum Gasteiger partial charge on any atom is 0.225 e. The molecule has 1 aliphatic heterocycles. The van der Waals surface area contributed by atoms with Crippen molar-refractivity contribution in [2.45, 2.75) is 12.3 Å². The molecule has 1 heterocycles. The van der Waals surface area contributed by atoms with Gasteiger partial charge in [-0.05, 0) is 36.2 Å². The molecule has 7 heteroatoms. The second-order valence-corrected chi connectivity index (χ2v) is 7.35. The summed E-state index contributed by atoms with van der Waals surface area (Å²) in [4.78, 5) is 14.7. The van der Waals surface area contributed by atoms with Crippen molar-refractivity contribution in [2.75, 3.05) is 38.6 Å². The first kappa shape index (κ1) is 22.5. The van der Waals surface area contributed by atoms with Gasteiger partial charge < -0.3 is 20.7 Å². The van der Waals surface area contributed by atoms with Crippen molar-refractivity contribution >= 4 is 35.6 Å². The molecule has 0 spiro atoms. The van der Waals surface area contributed by atoms with Crippen molar-refractivity contribution in [1.29, 1.82) is 0 Å². The number of methoxy groups -OCH3 is 1. The minimum absolute atomic E-state index is 0. The van der Waals surface area contributed by atoms with Crippen LogP contribution in [0, 0.1) is 5.92 Å². The second kappa shape index (κ2) is 10.7. The number of carbonyl (C=O) groups excluding carboxylic acids is 1. The number of hydrogen-bond donors (Lipinski definition) is 2. The van der Waals surface area contributed by atoms with Crippen molar-refractivity contribution in [3.05, 3.63) is 59.1 Å². The predicted octanol–water partition coefficient (Wildman–Crippen LogP) is 3.77. The molecule has 1 amide bonds. The summed E-state index contributed by atoms with van der Waals surface area (Å²) in [6, 6.07) is 15.7. The van der Waals surface area contributed by atoms with Crippen LogP contribution in [0.2, 0.25) is 5.02 Å². The maximum absolute atomic E-state index is 12.4. The molecule has 0 radical (unpaired) electrons. The van der Waals surface area contributed by atoms with E-state index in [-0.39, 0.29) is 18.3 Å². The average Bonchev–Trinajstić information content (AvgIpc) is 3.11. The van der Waals surface area contributed by atoms with Crippen LogP contribution in [0.1, 0.15) is 17.9 Å². The Morgan fingerprint density at radius 3 is 2.68 bits per heavy atom. The van der Waals surface area contributed by atoms with Crippen LogP contribution in [0.5, 0.6) is 5.75 Å². The number of amides is 1. The predicted molar refractivity (Wildman–Crippen MR) is 117 cm³/mol. The standard InChI is InChI=1S/C21H26ClN3O2.ClH/c1-27-20-8-7-17(22)11-19(20)24-21(26)9-10-25-13-16(12-23)18(14-25)15-5-3-2-4-6-15;/h2-8,11,16,18H,9-10,12-14,23H2,1H3,(H,24,26);1H/t16-,18+;/m1./s1. The lowest BCUT2D eigenvalue weighted by Crippen LogP contribution is -2.27. The molecule has 1 saturated heterocycles. The first-order valence-corrected chi connectivity index (χ1v) is 9.59. The van der Waals surface area contributed by atoms with Gasteiger partial charge in [0.2, 0.25) is 5.91 Å². The fourth-order valence-electron chi connectivity index (χ4n) is 3.71. The van der Waals surface area contributed by atoms with Crippen LogP contribution >= 0.6 is 24.0 Å². The third kappa shape index (κ3) is 5.61. The quantitative estimate of drug-likeness (QED) is 0.710. The summed E-state index contributed by atoms with van der Waals surface area (Å²) in [6.45, 7) is 3.21. The Morgan fingerprint density at radius 1 is 1.25 bits per heavy atom. The van der Waals surface area contributed by atoms with E-state index in [0.717, 1.165) is 13.1 Å². The number of carbonyl (C=O) groups is 1. The Kier molecular flexibility index (Phi) is 8.58. The van der Waals surface area contributed by atoms with Gasteiger partial charge in [-0.15, -0.1) is 12.4 Å². The highest BCUT2D eigenvalue weighted by molar-refractivity contribution is 6.31. The van der Waals surface area contributed by atoms with E-state index in [2.05, 4.69) is 34.5 Å². The summed E-state index contributed by atoms with van der Waals surface area (Å²) in [5, 5.41) is 3.45. The Balaban J connectivity index is 0.00000280. The summed E-state index contributed by atoms with van der Waals surface area (Å²) >= 11 is 6.02. The Hall–Kier alpha value is -1.79. The molecule has 3 rings (SSSR count). The van der Waals surface area contributed by atoms with Crippen molar-refractivity contribution < 1.29 is 9.53 Å². The fraction of sp³-hybridized carbons (Fsp3) is 0.381. The molecule has 152 valence electrons. The van der Waals surface area contributed by atoms with E-state index in [4.69, 9.17) is 22.1 Å². The monoisotopic (exact) mass is 423 g/mol. The van der Waals surface area contributed by atoms with Crippen LogP contribution in [-0.4, -0.2) is 44.1 Å².